The molecule has 0 aliphatic rings. The van der Waals surface area contributed by atoms with Gasteiger partial charge in [0, 0.05) is 16.0 Å². The number of nitrogens with one attached hydrogen (secondary N) is 1. The molecule has 0 fully saturated rings. The Morgan fingerprint density at radius 1 is 1.11 bits per heavy atom. The number of aromatic amines is 1. The molecule has 0 aliphatic carbocycles. The molecule has 0 bridgehead atoms. The van der Waals surface area contributed by atoms with Gasteiger partial charge in [-0.1, -0.05) is 28.9 Å². The third-order valence-corrected chi connectivity index (χ3v) is 4.44. The van der Waals surface area contributed by atoms with Gasteiger partial charge in [0.05, 0.1) is 29.7 Å². The summed E-state index contributed by atoms with van der Waals surface area (Å²) in [6.07, 6.45) is -4.35. The third kappa shape index (κ3) is 3.55. The largest absolute Gasteiger partial charge is 0.416 e. The maximum atomic E-state index is 14.2. The van der Waals surface area contributed by atoms with Crippen molar-refractivity contribution in [1.82, 2.24) is 30.4 Å². The van der Waals surface area contributed by atoms with Crippen LogP contribution in [0.5, 0.6) is 0 Å². The number of halogens is 5. The first kappa shape index (κ1) is 18.4. The van der Waals surface area contributed by atoms with Crippen LogP contribution in [-0.2, 0) is 19.1 Å². The summed E-state index contributed by atoms with van der Waals surface area (Å²) in [4.78, 5) is 0. The van der Waals surface area contributed by atoms with E-state index < -0.39 is 17.6 Å². The number of hydrogen-bond acceptors (Lipinski definition) is 4. The van der Waals surface area contributed by atoms with Gasteiger partial charge in [0.1, 0.15) is 5.82 Å². The second kappa shape index (κ2) is 6.86. The lowest BCUT2D eigenvalue weighted by Crippen LogP contribution is -2.07. The highest BCUT2D eigenvalue weighted by Crippen LogP contribution is 2.33. The predicted molar refractivity (Wildman–Crippen MR) is 92.2 cm³/mol. The molecule has 2 aromatic heterocycles. The summed E-state index contributed by atoms with van der Waals surface area (Å²) in [6.45, 7) is -0.0624. The van der Waals surface area contributed by atoms with E-state index in [0.29, 0.717) is 16.9 Å². The topological polar surface area (TPSA) is 72.3 Å². The minimum Gasteiger partial charge on any atom is -0.260 e. The molecule has 28 heavy (non-hydrogen) atoms. The minimum atomic E-state index is -4.51. The molecular formula is C17H11ClF4N6. The molecular weight excluding hydrogens is 400 g/mol. The van der Waals surface area contributed by atoms with Crippen LogP contribution in [0.25, 0.3) is 10.9 Å². The van der Waals surface area contributed by atoms with Gasteiger partial charge in [0.2, 0.25) is 0 Å². The Balaban J connectivity index is 1.82. The van der Waals surface area contributed by atoms with Crippen molar-refractivity contribution in [2.45, 2.75) is 19.1 Å². The van der Waals surface area contributed by atoms with Gasteiger partial charge in [0.15, 0.2) is 5.82 Å². The number of aromatic nitrogens is 6. The quantitative estimate of drug-likeness (QED) is 0.516. The van der Waals surface area contributed by atoms with Crippen LogP contribution in [0.2, 0.25) is 5.02 Å². The van der Waals surface area contributed by atoms with Crippen LogP contribution in [0.4, 0.5) is 17.6 Å². The van der Waals surface area contributed by atoms with Crippen molar-refractivity contribution in [3.05, 3.63) is 69.9 Å². The molecule has 4 aromatic rings. The first-order valence-corrected chi connectivity index (χ1v) is 8.42. The highest BCUT2D eigenvalue weighted by molar-refractivity contribution is 6.30. The summed E-state index contributed by atoms with van der Waals surface area (Å²) in [5.74, 6) is -0.230. The van der Waals surface area contributed by atoms with Crippen molar-refractivity contribution < 1.29 is 17.6 Å². The SMILES string of the molecule is Fc1cc(Cl)ccc1Cn1nc(Cc2nn[nH]n2)c2ccc(C(F)(F)F)cc21. The van der Waals surface area contributed by atoms with Crippen LogP contribution in [0.3, 0.4) is 0 Å². The second-order valence-electron chi connectivity index (χ2n) is 6.07. The normalized spacial score (nSPS) is 12.0. The smallest absolute Gasteiger partial charge is 0.260 e. The van der Waals surface area contributed by atoms with E-state index >= 15 is 0 Å². The average molecular weight is 411 g/mol. The Morgan fingerprint density at radius 3 is 2.61 bits per heavy atom. The molecule has 0 amide bonds. The van der Waals surface area contributed by atoms with Crippen molar-refractivity contribution >= 4 is 22.5 Å². The molecule has 0 radical (unpaired) electrons. The highest BCUT2D eigenvalue weighted by Gasteiger charge is 2.31. The molecule has 0 atom stereocenters. The molecule has 2 heterocycles. The Hall–Kier alpha value is -3.01. The number of alkyl halides is 3. The lowest BCUT2D eigenvalue weighted by molar-refractivity contribution is -0.137. The van der Waals surface area contributed by atoms with E-state index in [2.05, 4.69) is 25.7 Å². The summed E-state index contributed by atoms with van der Waals surface area (Å²) in [5, 5.41) is 18.5. The molecule has 11 heteroatoms. The van der Waals surface area contributed by atoms with E-state index in [-0.39, 0.29) is 29.1 Å². The van der Waals surface area contributed by atoms with Crippen LogP contribution < -0.4 is 0 Å². The number of fused-ring (bicyclic) bond motifs is 1. The van der Waals surface area contributed by atoms with E-state index in [9.17, 15) is 17.6 Å². The lowest BCUT2D eigenvalue weighted by Gasteiger charge is -2.09. The third-order valence-electron chi connectivity index (χ3n) is 4.21. The fourth-order valence-corrected chi connectivity index (χ4v) is 3.05. The van der Waals surface area contributed by atoms with E-state index in [1.807, 2.05) is 0 Å². The van der Waals surface area contributed by atoms with Gasteiger partial charge >= 0.3 is 6.18 Å². The second-order valence-corrected chi connectivity index (χ2v) is 6.51. The van der Waals surface area contributed by atoms with Crippen molar-refractivity contribution in [3.63, 3.8) is 0 Å². The monoisotopic (exact) mass is 410 g/mol. The van der Waals surface area contributed by atoms with Gasteiger partial charge in [-0.25, -0.2) is 4.39 Å². The fraction of sp³-hybridized carbons (Fsp3) is 0.176. The fourth-order valence-electron chi connectivity index (χ4n) is 2.89. The van der Waals surface area contributed by atoms with Crippen LogP contribution in [0, 0.1) is 5.82 Å². The van der Waals surface area contributed by atoms with E-state index in [4.69, 9.17) is 11.6 Å². The number of tetrazole rings is 1. The van der Waals surface area contributed by atoms with E-state index in [1.165, 1.54) is 22.9 Å². The molecule has 2 aromatic carbocycles. The molecule has 1 N–H and O–H groups in total. The number of H-pyrrole nitrogens is 1. The lowest BCUT2D eigenvalue weighted by atomic mass is 10.1. The standard InChI is InChI=1S/C17H11ClF4N6/c18-11-3-1-9(13(19)6-11)8-28-15-5-10(17(20,21)22)2-4-12(15)14(25-28)7-16-23-26-27-24-16/h1-6H,7-8H2,(H,23,24,26,27). The van der Waals surface area contributed by atoms with Gasteiger partial charge in [-0.15, -0.1) is 10.2 Å². The summed E-state index contributed by atoms with van der Waals surface area (Å²) < 4.78 is 55.0. The summed E-state index contributed by atoms with van der Waals surface area (Å²) >= 11 is 5.76. The summed E-state index contributed by atoms with van der Waals surface area (Å²) in [5.41, 5.74) is 0.114. The summed E-state index contributed by atoms with van der Waals surface area (Å²) in [6, 6.07) is 7.44. The van der Waals surface area contributed by atoms with Gasteiger partial charge in [-0.3, -0.25) is 4.68 Å². The number of nitrogens with zero attached hydrogens (tertiary/aromatic N) is 5. The zero-order valence-electron chi connectivity index (χ0n) is 14.0. The molecule has 0 saturated heterocycles. The molecule has 0 unspecified atom stereocenters. The van der Waals surface area contributed by atoms with Crippen LogP contribution >= 0.6 is 11.6 Å². The molecule has 0 aliphatic heterocycles. The maximum Gasteiger partial charge on any atom is 0.416 e. The Kier molecular flexibility index (Phi) is 4.50. The number of hydrogen-bond donors (Lipinski definition) is 1. The molecule has 6 nitrogen and oxygen atoms in total. The number of rotatable bonds is 4. The van der Waals surface area contributed by atoms with Crippen molar-refractivity contribution in [2.75, 3.05) is 0 Å². The van der Waals surface area contributed by atoms with Gasteiger partial charge in [-0.2, -0.15) is 23.5 Å². The van der Waals surface area contributed by atoms with Crippen molar-refractivity contribution in [3.8, 4) is 0 Å². The predicted octanol–water partition coefficient (Wildman–Crippen LogP) is 4.00. The average Bonchev–Trinajstić information content (AvgIpc) is 3.25. The van der Waals surface area contributed by atoms with E-state index in [1.54, 1.807) is 0 Å². The van der Waals surface area contributed by atoms with Crippen LogP contribution in [-0.4, -0.2) is 30.4 Å². The van der Waals surface area contributed by atoms with Crippen LogP contribution in [0.1, 0.15) is 22.6 Å². The van der Waals surface area contributed by atoms with E-state index in [0.717, 1.165) is 18.2 Å². The van der Waals surface area contributed by atoms with Gasteiger partial charge < -0.3 is 0 Å². The first-order chi connectivity index (χ1) is 13.3. The zero-order chi connectivity index (χ0) is 19.9. The first-order valence-electron chi connectivity index (χ1n) is 8.04. The van der Waals surface area contributed by atoms with Crippen molar-refractivity contribution in [2.24, 2.45) is 0 Å². The molecule has 0 spiro atoms. The maximum absolute atomic E-state index is 14.2. The Labute approximate surface area is 160 Å². The number of benzene rings is 2. The molecule has 4 rings (SSSR count). The highest BCUT2D eigenvalue weighted by atomic mass is 35.5. The van der Waals surface area contributed by atoms with Gasteiger partial charge in [0.25, 0.3) is 0 Å². The van der Waals surface area contributed by atoms with Crippen molar-refractivity contribution in [1.29, 1.82) is 0 Å². The zero-order valence-corrected chi connectivity index (χ0v) is 14.8. The Morgan fingerprint density at radius 2 is 1.93 bits per heavy atom. The molecule has 144 valence electrons. The Bertz CT molecular complexity index is 1140. The van der Waals surface area contributed by atoms with Gasteiger partial charge in [-0.05, 0) is 24.3 Å². The molecule has 0 saturated carbocycles. The summed E-state index contributed by atoms with van der Waals surface area (Å²) in [7, 11) is 0. The minimum absolute atomic E-state index is 0.0624. The van der Waals surface area contributed by atoms with Crippen LogP contribution in [0.15, 0.2) is 36.4 Å².